The first-order valence-electron chi connectivity index (χ1n) is 2.75. The fourth-order valence-electron chi connectivity index (χ4n) is 0.643. The Morgan fingerprint density at radius 2 is 2.00 bits per heavy atom. The molecule has 0 aliphatic heterocycles. The zero-order valence-corrected chi connectivity index (χ0v) is 6.86. The van der Waals surface area contributed by atoms with Gasteiger partial charge in [-0.05, 0) is 28.1 Å². The molecule has 0 unspecified atom stereocenters. The average Bonchev–Trinajstić information content (AvgIpc) is 1.99. The second-order valence-corrected chi connectivity index (χ2v) is 2.77. The maximum absolute atomic E-state index is 12.5. The van der Waals surface area contributed by atoms with Crippen LogP contribution >= 0.6 is 15.9 Å². The molecule has 0 amide bonds. The fraction of sp³-hybridized carbons (Fsp3) is 0. The zero-order chi connectivity index (χ0) is 8.43. The van der Waals surface area contributed by atoms with Gasteiger partial charge in [-0.25, -0.2) is 8.78 Å². The molecule has 0 heterocycles. The van der Waals surface area contributed by atoms with Crippen molar-refractivity contribution in [2.45, 2.75) is 0 Å². The summed E-state index contributed by atoms with van der Waals surface area (Å²) in [6.45, 7) is 0. The maximum Gasteiger partial charge on any atom is 0.173 e. The zero-order valence-electron chi connectivity index (χ0n) is 5.27. The van der Waals surface area contributed by atoms with E-state index in [-0.39, 0.29) is 10.0 Å². The molecule has 1 rings (SSSR count). The highest BCUT2D eigenvalue weighted by atomic mass is 79.9. The Bertz CT molecular complexity index is 275. The molecule has 0 radical (unpaired) electrons. The highest BCUT2D eigenvalue weighted by Gasteiger charge is 2.07. The van der Waals surface area contributed by atoms with Crippen molar-refractivity contribution in [3.63, 3.8) is 0 Å². The van der Waals surface area contributed by atoms with E-state index in [0.29, 0.717) is 6.29 Å². The predicted octanol–water partition coefficient (Wildman–Crippen LogP) is 2.54. The van der Waals surface area contributed by atoms with E-state index in [9.17, 15) is 13.6 Å². The van der Waals surface area contributed by atoms with Gasteiger partial charge in [0.15, 0.2) is 11.6 Å². The number of halogens is 3. The highest BCUT2D eigenvalue weighted by Crippen LogP contribution is 2.19. The first-order valence-corrected chi connectivity index (χ1v) is 3.54. The molecule has 0 aliphatic rings. The molecule has 11 heavy (non-hydrogen) atoms. The topological polar surface area (TPSA) is 17.1 Å². The molecule has 4 heteroatoms. The SMILES string of the molecule is O=Cc1cc(F)c(F)c(Br)c1. The van der Waals surface area contributed by atoms with Gasteiger partial charge in [0, 0.05) is 5.56 Å². The van der Waals surface area contributed by atoms with Crippen molar-refractivity contribution in [2.24, 2.45) is 0 Å². The maximum atomic E-state index is 12.5. The summed E-state index contributed by atoms with van der Waals surface area (Å²) < 4.78 is 24.9. The van der Waals surface area contributed by atoms with E-state index in [4.69, 9.17) is 0 Å². The van der Waals surface area contributed by atoms with E-state index >= 15 is 0 Å². The summed E-state index contributed by atoms with van der Waals surface area (Å²) in [5, 5.41) is 0. The Morgan fingerprint density at radius 3 is 2.45 bits per heavy atom. The number of carbonyl (C=O) groups excluding carboxylic acids is 1. The number of hydrogen-bond acceptors (Lipinski definition) is 1. The quantitative estimate of drug-likeness (QED) is 0.526. The minimum atomic E-state index is -1.03. The molecule has 58 valence electrons. The lowest BCUT2D eigenvalue weighted by atomic mass is 10.2. The van der Waals surface area contributed by atoms with E-state index in [1.54, 1.807) is 0 Å². The smallest absolute Gasteiger partial charge is 0.173 e. The molecule has 0 N–H and O–H groups in total. The number of rotatable bonds is 1. The first-order chi connectivity index (χ1) is 5.15. The van der Waals surface area contributed by atoms with E-state index in [1.165, 1.54) is 6.07 Å². The molecule has 0 fully saturated rings. The second kappa shape index (κ2) is 3.09. The van der Waals surface area contributed by atoms with Crippen molar-refractivity contribution in [1.29, 1.82) is 0 Å². The molecule has 1 aromatic carbocycles. The van der Waals surface area contributed by atoms with Crippen LogP contribution in [0.25, 0.3) is 0 Å². The molecule has 0 saturated carbocycles. The molecule has 1 aromatic rings. The highest BCUT2D eigenvalue weighted by molar-refractivity contribution is 9.10. The van der Waals surface area contributed by atoms with Crippen LogP contribution in [0.5, 0.6) is 0 Å². The van der Waals surface area contributed by atoms with Crippen molar-refractivity contribution in [3.8, 4) is 0 Å². The van der Waals surface area contributed by atoms with Crippen LogP contribution < -0.4 is 0 Å². The molecule has 0 aromatic heterocycles. The molecule has 0 aliphatic carbocycles. The van der Waals surface area contributed by atoms with Gasteiger partial charge in [-0.15, -0.1) is 0 Å². The van der Waals surface area contributed by atoms with Crippen molar-refractivity contribution in [1.82, 2.24) is 0 Å². The number of hydrogen-bond donors (Lipinski definition) is 0. The Kier molecular flexibility index (Phi) is 2.34. The fourth-order valence-corrected chi connectivity index (χ4v) is 1.10. The van der Waals surface area contributed by atoms with Gasteiger partial charge < -0.3 is 0 Å². The molecule has 0 atom stereocenters. The lowest BCUT2D eigenvalue weighted by Crippen LogP contribution is -1.89. The monoisotopic (exact) mass is 220 g/mol. The third-order valence-electron chi connectivity index (χ3n) is 1.14. The number of carbonyl (C=O) groups is 1. The number of aldehydes is 1. The molecule has 1 nitrogen and oxygen atoms in total. The van der Waals surface area contributed by atoms with Crippen molar-refractivity contribution < 1.29 is 13.6 Å². The van der Waals surface area contributed by atoms with E-state index < -0.39 is 11.6 Å². The van der Waals surface area contributed by atoms with Crippen LogP contribution in [0.4, 0.5) is 8.78 Å². The van der Waals surface area contributed by atoms with Gasteiger partial charge in [0.05, 0.1) is 4.47 Å². The first kappa shape index (κ1) is 8.33. The summed E-state index contributed by atoms with van der Waals surface area (Å²) in [4.78, 5) is 10.1. The average molecular weight is 221 g/mol. The normalized spacial score (nSPS) is 9.73. The van der Waals surface area contributed by atoms with Gasteiger partial charge in [-0.3, -0.25) is 4.79 Å². The van der Waals surface area contributed by atoms with Crippen molar-refractivity contribution in [3.05, 3.63) is 33.8 Å². The lowest BCUT2D eigenvalue weighted by Gasteiger charge is -1.96. The standard InChI is InChI=1S/C7H3BrF2O/c8-5-1-4(3-11)2-6(9)7(5)10/h1-3H. The minimum Gasteiger partial charge on any atom is -0.298 e. The van der Waals surface area contributed by atoms with Crippen LogP contribution in [0.15, 0.2) is 16.6 Å². The van der Waals surface area contributed by atoms with Crippen LogP contribution in [0.3, 0.4) is 0 Å². The van der Waals surface area contributed by atoms with Crippen LogP contribution in [0.2, 0.25) is 0 Å². The summed E-state index contributed by atoms with van der Waals surface area (Å²) >= 11 is 2.76. The van der Waals surface area contributed by atoms with Gasteiger partial charge in [0.25, 0.3) is 0 Å². The van der Waals surface area contributed by atoms with Crippen LogP contribution in [-0.4, -0.2) is 6.29 Å². The third kappa shape index (κ3) is 1.63. The van der Waals surface area contributed by atoms with E-state index in [1.807, 2.05) is 0 Å². The summed E-state index contributed by atoms with van der Waals surface area (Å²) in [5.74, 6) is -2.00. The molecular weight excluding hydrogens is 218 g/mol. The van der Waals surface area contributed by atoms with Gasteiger partial charge in [-0.1, -0.05) is 0 Å². The van der Waals surface area contributed by atoms with E-state index in [0.717, 1.165) is 6.07 Å². The van der Waals surface area contributed by atoms with Crippen LogP contribution in [0, 0.1) is 11.6 Å². The predicted molar refractivity (Wildman–Crippen MR) is 39.4 cm³/mol. The number of benzene rings is 1. The Labute approximate surface area is 70.2 Å². The minimum absolute atomic E-state index is 0.0420. The van der Waals surface area contributed by atoms with Crippen LogP contribution in [-0.2, 0) is 0 Å². The molecule has 0 bridgehead atoms. The largest absolute Gasteiger partial charge is 0.298 e. The summed E-state index contributed by atoms with van der Waals surface area (Å²) in [7, 11) is 0. The molecule has 0 spiro atoms. The molecule has 0 saturated heterocycles. The third-order valence-corrected chi connectivity index (χ3v) is 1.72. The summed E-state index contributed by atoms with van der Waals surface area (Å²) in [6, 6.07) is 2.05. The second-order valence-electron chi connectivity index (χ2n) is 1.92. The summed E-state index contributed by atoms with van der Waals surface area (Å²) in [5.41, 5.74) is 0.107. The Morgan fingerprint density at radius 1 is 1.36 bits per heavy atom. The van der Waals surface area contributed by atoms with Gasteiger partial charge in [0.1, 0.15) is 6.29 Å². The lowest BCUT2D eigenvalue weighted by molar-refractivity contribution is 0.112. The Balaban J connectivity index is 3.31. The van der Waals surface area contributed by atoms with Crippen LogP contribution in [0.1, 0.15) is 10.4 Å². The van der Waals surface area contributed by atoms with Gasteiger partial charge in [0.2, 0.25) is 0 Å². The molecular formula is C7H3BrF2O. The van der Waals surface area contributed by atoms with Gasteiger partial charge in [-0.2, -0.15) is 0 Å². The van der Waals surface area contributed by atoms with Crippen molar-refractivity contribution in [2.75, 3.05) is 0 Å². The summed E-state index contributed by atoms with van der Waals surface area (Å²) in [6.07, 6.45) is 0.452. The van der Waals surface area contributed by atoms with E-state index in [2.05, 4.69) is 15.9 Å². The Hall–Kier alpha value is -0.770. The van der Waals surface area contributed by atoms with Gasteiger partial charge >= 0.3 is 0 Å². The van der Waals surface area contributed by atoms with Crippen molar-refractivity contribution >= 4 is 22.2 Å².